The Morgan fingerprint density at radius 3 is 2.17 bits per heavy atom. The zero-order valence-electron chi connectivity index (χ0n) is 20.4. The van der Waals surface area contributed by atoms with E-state index in [0.29, 0.717) is 23.1 Å². The lowest BCUT2D eigenvalue weighted by atomic mass is 10.1. The highest BCUT2D eigenvalue weighted by molar-refractivity contribution is 6.06. The minimum atomic E-state index is -0.313. The molecular formula is C28H30N6O. The lowest BCUT2D eigenvalue weighted by molar-refractivity contribution is 0.259. The molecule has 7 heteroatoms. The molecular weight excluding hydrogens is 436 g/mol. The van der Waals surface area contributed by atoms with Crippen LogP contribution in [0.3, 0.4) is 0 Å². The molecule has 1 atom stereocenters. The molecule has 0 saturated carbocycles. The molecule has 35 heavy (non-hydrogen) atoms. The first-order valence-corrected chi connectivity index (χ1v) is 11.5. The molecule has 0 bridgehead atoms. The third-order valence-electron chi connectivity index (χ3n) is 5.65. The van der Waals surface area contributed by atoms with Crippen LogP contribution in [0.4, 0.5) is 33.6 Å². The van der Waals surface area contributed by atoms with Crippen LogP contribution < -0.4 is 20.4 Å². The molecule has 1 aromatic heterocycles. The highest BCUT2D eigenvalue weighted by Gasteiger charge is 2.21. The van der Waals surface area contributed by atoms with Gasteiger partial charge in [-0.3, -0.25) is 0 Å². The Balaban J connectivity index is 1.65. The van der Waals surface area contributed by atoms with E-state index in [0.717, 1.165) is 16.8 Å². The average molecular weight is 467 g/mol. The van der Waals surface area contributed by atoms with Crippen LogP contribution in [-0.2, 0) is 0 Å². The number of benzene rings is 3. The van der Waals surface area contributed by atoms with Crippen LogP contribution in [0.5, 0.6) is 0 Å². The van der Waals surface area contributed by atoms with Crippen LogP contribution in [-0.4, -0.2) is 30.1 Å². The molecule has 4 rings (SSSR count). The summed E-state index contributed by atoms with van der Waals surface area (Å²) >= 11 is 0. The van der Waals surface area contributed by atoms with Crippen molar-refractivity contribution in [3.05, 3.63) is 102 Å². The number of aromatic nitrogens is 2. The molecule has 178 valence electrons. The second-order valence-corrected chi connectivity index (χ2v) is 8.56. The molecule has 0 radical (unpaired) electrons. The summed E-state index contributed by atoms with van der Waals surface area (Å²) < 4.78 is 0. The first-order valence-electron chi connectivity index (χ1n) is 11.5. The van der Waals surface area contributed by atoms with Crippen LogP contribution in [0.2, 0.25) is 0 Å². The van der Waals surface area contributed by atoms with E-state index < -0.39 is 0 Å². The summed E-state index contributed by atoms with van der Waals surface area (Å²) in [5, 5.41) is 6.32. The molecule has 0 spiro atoms. The number of urea groups is 1. The van der Waals surface area contributed by atoms with Crippen LogP contribution in [0.25, 0.3) is 0 Å². The van der Waals surface area contributed by atoms with Crippen LogP contribution >= 0.6 is 0 Å². The predicted octanol–water partition coefficient (Wildman–Crippen LogP) is 6.39. The van der Waals surface area contributed by atoms with Gasteiger partial charge < -0.3 is 15.5 Å². The van der Waals surface area contributed by atoms with Crippen molar-refractivity contribution in [2.75, 3.05) is 34.5 Å². The second-order valence-electron chi connectivity index (χ2n) is 8.56. The molecule has 0 aliphatic rings. The highest BCUT2D eigenvalue weighted by atomic mass is 16.2. The summed E-state index contributed by atoms with van der Waals surface area (Å²) in [6, 6.07) is 27.0. The van der Waals surface area contributed by atoms with Gasteiger partial charge in [0.2, 0.25) is 5.95 Å². The van der Waals surface area contributed by atoms with Crippen LogP contribution in [0.15, 0.2) is 91.1 Å². The summed E-state index contributed by atoms with van der Waals surface area (Å²) in [6.07, 6.45) is 1.66. The number of hydrogen-bond donors (Lipinski definition) is 2. The summed E-state index contributed by atoms with van der Waals surface area (Å²) in [5.41, 5.74) is 4.68. The fourth-order valence-corrected chi connectivity index (χ4v) is 3.63. The van der Waals surface area contributed by atoms with Crippen molar-refractivity contribution in [3.63, 3.8) is 0 Å². The van der Waals surface area contributed by atoms with E-state index in [9.17, 15) is 4.79 Å². The number of amides is 2. The number of hydrogen-bond acceptors (Lipinski definition) is 5. The Hall–Kier alpha value is -4.39. The van der Waals surface area contributed by atoms with Gasteiger partial charge >= 0.3 is 6.03 Å². The number of aryl methyl sites for hydroxylation is 1. The summed E-state index contributed by atoms with van der Waals surface area (Å²) in [6.45, 7) is 4.06. The maximum Gasteiger partial charge on any atom is 0.332 e. The fraction of sp³-hybridized carbons (Fsp3) is 0.179. The summed E-state index contributed by atoms with van der Waals surface area (Å²) in [4.78, 5) is 26.1. The number of carbonyl (C=O) groups excluding carboxylic acids is 1. The standard InChI is InChI=1S/C28H30N6O/c1-20-10-12-23(13-11-20)31-28(35)34(25-16-14-24(15-17-25)33(3)4)26-18-19-29-27(32-26)30-21(2)22-8-6-5-7-9-22/h5-19,21H,1-4H3,(H,31,35)(H,29,30,32). The molecule has 2 amide bonds. The molecule has 7 nitrogen and oxygen atoms in total. The maximum absolute atomic E-state index is 13.5. The quantitative estimate of drug-likeness (QED) is 0.330. The van der Waals surface area contributed by atoms with Crippen molar-refractivity contribution in [3.8, 4) is 0 Å². The van der Waals surface area contributed by atoms with Crippen molar-refractivity contribution < 1.29 is 4.79 Å². The van der Waals surface area contributed by atoms with Crippen molar-refractivity contribution >= 4 is 34.9 Å². The maximum atomic E-state index is 13.5. The topological polar surface area (TPSA) is 73.4 Å². The van der Waals surface area contributed by atoms with Gasteiger partial charge in [0, 0.05) is 37.7 Å². The van der Waals surface area contributed by atoms with Crippen molar-refractivity contribution in [2.24, 2.45) is 0 Å². The molecule has 1 unspecified atom stereocenters. The van der Waals surface area contributed by atoms with Gasteiger partial charge in [-0.25, -0.2) is 14.7 Å². The molecule has 0 fully saturated rings. The van der Waals surface area contributed by atoms with Gasteiger partial charge in [0.25, 0.3) is 0 Å². The highest BCUT2D eigenvalue weighted by Crippen LogP contribution is 2.28. The molecule has 0 aliphatic heterocycles. The zero-order chi connectivity index (χ0) is 24.8. The predicted molar refractivity (Wildman–Crippen MR) is 144 cm³/mol. The van der Waals surface area contributed by atoms with E-state index in [1.54, 1.807) is 17.2 Å². The van der Waals surface area contributed by atoms with Crippen LogP contribution in [0.1, 0.15) is 24.1 Å². The van der Waals surface area contributed by atoms with Gasteiger partial charge in [0.05, 0.1) is 11.7 Å². The van der Waals surface area contributed by atoms with E-state index in [-0.39, 0.29) is 12.1 Å². The summed E-state index contributed by atoms with van der Waals surface area (Å²) in [5.74, 6) is 0.905. The van der Waals surface area contributed by atoms with Gasteiger partial charge in [-0.15, -0.1) is 0 Å². The Labute approximate surface area is 206 Å². The third-order valence-corrected chi connectivity index (χ3v) is 5.65. The average Bonchev–Trinajstić information content (AvgIpc) is 2.87. The van der Waals surface area contributed by atoms with Gasteiger partial charge in [-0.2, -0.15) is 4.98 Å². The molecule has 0 aliphatic carbocycles. The zero-order valence-corrected chi connectivity index (χ0v) is 20.4. The van der Waals surface area contributed by atoms with E-state index in [2.05, 4.69) is 32.7 Å². The molecule has 1 heterocycles. The molecule has 2 N–H and O–H groups in total. The van der Waals surface area contributed by atoms with Crippen molar-refractivity contribution in [1.82, 2.24) is 9.97 Å². The number of carbonyl (C=O) groups is 1. The Kier molecular flexibility index (Phi) is 7.26. The normalized spacial score (nSPS) is 11.4. The first-order chi connectivity index (χ1) is 16.9. The SMILES string of the molecule is Cc1ccc(NC(=O)N(c2ccc(N(C)C)cc2)c2ccnc(NC(C)c3ccccc3)n2)cc1. The first kappa shape index (κ1) is 23.8. The minimum Gasteiger partial charge on any atom is -0.378 e. The smallest absolute Gasteiger partial charge is 0.332 e. The van der Waals surface area contributed by atoms with Crippen molar-refractivity contribution in [1.29, 1.82) is 0 Å². The second kappa shape index (κ2) is 10.7. The number of nitrogens with one attached hydrogen (secondary N) is 2. The third kappa shape index (κ3) is 5.95. The van der Waals surface area contributed by atoms with Crippen LogP contribution in [0, 0.1) is 6.92 Å². The van der Waals surface area contributed by atoms with Gasteiger partial charge in [-0.1, -0.05) is 48.0 Å². The van der Waals surface area contributed by atoms with E-state index in [1.807, 2.05) is 99.6 Å². The Morgan fingerprint density at radius 1 is 0.857 bits per heavy atom. The minimum absolute atomic E-state index is 0.000611. The lowest BCUT2D eigenvalue weighted by Crippen LogP contribution is -2.31. The Bertz CT molecular complexity index is 1260. The molecule has 4 aromatic rings. The Morgan fingerprint density at radius 2 is 1.51 bits per heavy atom. The van der Waals surface area contributed by atoms with E-state index in [4.69, 9.17) is 0 Å². The van der Waals surface area contributed by atoms with E-state index >= 15 is 0 Å². The van der Waals surface area contributed by atoms with Gasteiger partial charge in [0.1, 0.15) is 5.82 Å². The number of nitrogens with zero attached hydrogens (tertiary/aromatic N) is 4. The molecule has 3 aromatic carbocycles. The monoisotopic (exact) mass is 466 g/mol. The van der Waals surface area contributed by atoms with Gasteiger partial charge in [-0.05, 0) is 55.8 Å². The van der Waals surface area contributed by atoms with E-state index in [1.165, 1.54) is 0 Å². The lowest BCUT2D eigenvalue weighted by Gasteiger charge is -2.24. The summed E-state index contributed by atoms with van der Waals surface area (Å²) in [7, 11) is 3.96. The largest absolute Gasteiger partial charge is 0.378 e. The van der Waals surface area contributed by atoms with Crippen molar-refractivity contribution in [2.45, 2.75) is 19.9 Å². The number of anilines is 5. The number of rotatable bonds is 7. The fourth-order valence-electron chi connectivity index (χ4n) is 3.63. The molecule has 0 saturated heterocycles. The van der Waals surface area contributed by atoms with Gasteiger partial charge in [0.15, 0.2) is 0 Å².